The second kappa shape index (κ2) is 12.1. The Kier molecular flexibility index (Phi) is 7.04. The van der Waals surface area contributed by atoms with Crippen LogP contribution in [-0.2, 0) is 5.41 Å². The van der Waals surface area contributed by atoms with Gasteiger partial charge in [-0.15, -0.1) is 11.3 Å². The maximum Gasteiger partial charge on any atom is 0.176 e. The van der Waals surface area contributed by atoms with Gasteiger partial charge in [-0.2, -0.15) is 0 Å². The molecule has 0 aliphatic heterocycles. The lowest BCUT2D eigenvalue weighted by Gasteiger charge is -2.22. The van der Waals surface area contributed by atoms with Crippen LogP contribution in [0.25, 0.3) is 103 Å². The molecule has 1 aliphatic carbocycles. The number of benzene rings is 8. The Morgan fingerprint density at radius 1 is 0.586 bits per heavy atom. The second-order valence-electron chi connectivity index (χ2n) is 16.3. The van der Waals surface area contributed by atoms with Crippen molar-refractivity contribution in [3.05, 3.63) is 173 Å². The number of hydrogen-bond acceptors (Lipinski definition) is 3. The summed E-state index contributed by atoms with van der Waals surface area (Å²) in [6.45, 7) is 9.22. The van der Waals surface area contributed by atoms with Crippen LogP contribution in [-0.4, -0.2) is 14.5 Å². The number of para-hydroxylation sites is 1. The zero-order valence-electron chi connectivity index (χ0n) is 32.5. The van der Waals surface area contributed by atoms with Crippen LogP contribution in [0, 0.1) is 13.8 Å². The van der Waals surface area contributed by atoms with Crippen LogP contribution in [0.1, 0.15) is 36.1 Å². The average molecular weight is 782 g/mol. The number of aryl methyl sites for hydroxylation is 2. The van der Waals surface area contributed by atoms with Crippen molar-refractivity contribution in [2.24, 2.45) is 0 Å². The third kappa shape index (κ3) is 4.56. The van der Waals surface area contributed by atoms with Crippen molar-refractivity contribution >= 4 is 86.7 Å². The first-order valence-electron chi connectivity index (χ1n) is 19.9. The van der Waals surface area contributed by atoms with E-state index in [2.05, 4.69) is 178 Å². The Hall–Kier alpha value is -6.33. The van der Waals surface area contributed by atoms with Crippen LogP contribution < -0.4 is 0 Å². The molecule has 276 valence electrons. The molecule has 0 atom stereocenters. The summed E-state index contributed by atoms with van der Waals surface area (Å²) < 4.78 is 3.43. The maximum absolute atomic E-state index is 7.28. The number of halogens is 1. The highest BCUT2D eigenvalue weighted by molar-refractivity contribution is 7.25. The quantitative estimate of drug-likeness (QED) is 0.179. The van der Waals surface area contributed by atoms with Crippen molar-refractivity contribution < 1.29 is 0 Å². The number of aromatic nitrogens is 3. The van der Waals surface area contributed by atoms with Gasteiger partial charge in [0.15, 0.2) is 11.0 Å². The summed E-state index contributed by atoms with van der Waals surface area (Å²) in [5.74, 6) is 0.642. The molecule has 12 rings (SSSR count). The van der Waals surface area contributed by atoms with Crippen molar-refractivity contribution in [3.63, 3.8) is 0 Å². The van der Waals surface area contributed by atoms with Gasteiger partial charge in [0.25, 0.3) is 0 Å². The fourth-order valence-electron chi connectivity index (χ4n) is 10.1. The van der Waals surface area contributed by atoms with E-state index >= 15 is 0 Å². The van der Waals surface area contributed by atoms with E-state index in [4.69, 9.17) is 21.6 Å². The molecule has 58 heavy (non-hydrogen) atoms. The highest BCUT2D eigenvalue weighted by atomic mass is 35.5. The molecule has 3 heterocycles. The fourth-order valence-corrected chi connectivity index (χ4v) is 11.4. The molecule has 0 N–H and O–H groups in total. The van der Waals surface area contributed by atoms with E-state index < -0.39 is 0 Å². The van der Waals surface area contributed by atoms with Crippen LogP contribution in [0.3, 0.4) is 0 Å². The van der Waals surface area contributed by atoms with Crippen LogP contribution in [0.5, 0.6) is 0 Å². The van der Waals surface area contributed by atoms with Crippen LogP contribution in [0.15, 0.2) is 146 Å². The summed E-state index contributed by atoms with van der Waals surface area (Å²) in [6, 6.07) is 53.4. The Balaban J connectivity index is 1.24. The molecule has 0 fully saturated rings. The van der Waals surface area contributed by atoms with Gasteiger partial charge in [-0.3, -0.25) is 4.57 Å². The van der Waals surface area contributed by atoms with Gasteiger partial charge in [-0.1, -0.05) is 147 Å². The van der Waals surface area contributed by atoms with Crippen molar-refractivity contribution in [1.29, 1.82) is 0 Å². The molecule has 11 aromatic rings. The molecule has 0 unspecified atom stereocenters. The maximum atomic E-state index is 7.28. The third-order valence-electron chi connectivity index (χ3n) is 12.8. The standard InChI is InChI=1S/C53H36ClN3S/c1-29-26-31-14-5-6-15-32(31)27-39(29)45-30(2)49-47(37-17-8-11-22-43(37)57(49)51-50(54)56-52-48(55-51)38-18-9-12-23-44(38)58-52)40-28-33(24-25-35(40)45)34-19-13-21-42-46(34)36-16-7-10-20-41(36)53(42,3)4/h5-28H,1-4H3. The molecule has 0 bridgehead atoms. The molecule has 3 nitrogen and oxygen atoms in total. The van der Waals surface area contributed by atoms with E-state index in [0.29, 0.717) is 11.0 Å². The van der Waals surface area contributed by atoms with Gasteiger partial charge in [-0.05, 0) is 115 Å². The van der Waals surface area contributed by atoms with Crippen LogP contribution in [0.4, 0.5) is 0 Å². The Bertz CT molecular complexity index is 3590. The SMILES string of the molecule is Cc1cc2ccccc2cc1-c1c(C)c2c(c3cc(-c4cccc5c4-c4ccccc4C5(C)C)ccc13)c1ccccc1n2-c1nc2c(nc1Cl)sc1ccccc12. The molecule has 0 saturated carbocycles. The highest BCUT2D eigenvalue weighted by Gasteiger charge is 2.36. The van der Waals surface area contributed by atoms with E-state index in [-0.39, 0.29) is 5.41 Å². The Morgan fingerprint density at radius 3 is 2.16 bits per heavy atom. The van der Waals surface area contributed by atoms with E-state index in [1.54, 1.807) is 11.3 Å². The van der Waals surface area contributed by atoms with Gasteiger partial charge in [0.05, 0.1) is 11.0 Å². The molecule has 0 amide bonds. The molecule has 5 heteroatoms. The molecule has 3 aromatic heterocycles. The minimum absolute atomic E-state index is 0.0907. The number of thiophene rings is 1. The molecule has 0 spiro atoms. The van der Waals surface area contributed by atoms with Crippen molar-refractivity contribution in [2.45, 2.75) is 33.1 Å². The number of hydrogen-bond donors (Lipinski definition) is 0. The first-order valence-corrected chi connectivity index (χ1v) is 21.1. The van der Waals surface area contributed by atoms with E-state index in [1.807, 2.05) is 0 Å². The zero-order chi connectivity index (χ0) is 39.0. The molecule has 1 aliphatic rings. The molecule has 8 aromatic carbocycles. The first-order chi connectivity index (χ1) is 28.3. The topological polar surface area (TPSA) is 30.7 Å². The summed E-state index contributed by atoms with van der Waals surface area (Å²) in [5.41, 5.74) is 15.6. The van der Waals surface area contributed by atoms with Crippen molar-refractivity contribution in [3.8, 4) is 39.2 Å². The lowest BCUT2D eigenvalue weighted by molar-refractivity contribution is 0.660. The lowest BCUT2D eigenvalue weighted by atomic mass is 9.82. The summed E-state index contributed by atoms with van der Waals surface area (Å²) in [6.07, 6.45) is 0. The van der Waals surface area contributed by atoms with Crippen molar-refractivity contribution in [2.75, 3.05) is 0 Å². The van der Waals surface area contributed by atoms with E-state index in [9.17, 15) is 0 Å². The van der Waals surface area contributed by atoms with E-state index in [0.717, 1.165) is 36.9 Å². The van der Waals surface area contributed by atoms with Crippen LogP contribution >= 0.6 is 22.9 Å². The largest absolute Gasteiger partial charge is 0.291 e. The van der Waals surface area contributed by atoms with E-state index in [1.165, 1.54) is 82.6 Å². The Labute approximate surface area is 344 Å². The van der Waals surface area contributed by atoms with Gasteiger partial charge < -0.3 is 0 Å². The molecule has 0 saturated heterocycles. The van der Waals surface area contributed by atoms with Gasteiger partial charge in [0, 0.05) is 26.3 Å². The predicted molar refractivity (Wildman–Crippen MR) is 247 cm³/mol. The second-order valence-corrected chi connectivity index (χ2v) is 17.7. The molecular weight excluding hydrogens is 746 g/mol. The Morgan fingerprint density at radius 2 is 1.29 bits per heavy atom. The summed E-state index contributed by atoms with van der Waals surface area (Å²) in [7, 11) is 0. The van der Waals surface area contributed by atoms with Crippen LogP contribution in [0.2, 0.25) is 5.15 Å². The van der Waals surface area contributed by atoms with Gasteiger partial charge in [-0.25, -0.2) is 9.97 Å². The monoisotopic (exact) mass is 781 g/mol. The lowest BCUT2D eigenvalue weighted by Crippen LogP contribution is -2.14. The zero-order valence-corrected chi connectivity index (χ0v) is 34.1. The minimum Gasteiger partial charge on any atom is -0.291 e. The minimum atomic E-state index is -0.0907. The van der Waals surface area contributed by atoms with Gasteiger partial charge in [0.1, 0.15) is 10.3 Å². The normalized spacial score (nSPS) is 13.4. The number of nitrogens with zero attached hydrogens (tertiary/aromatic N) is 3. The smallest absolute Gasteiger partial charge is 0.176 e. The molecule has 0 radical (unpaired) electrons. The number of rotatable bonds is 3. The first kappa shape index (κ1) is 33.8. The molecular formula is C53H36ClN3S. The summed E-state index contributed by atoms with van der Waals surface area (Å²) in [5, 5.41) is 8.70. The number of fused-ring (bicyclic) bond motifs is 12. The predicted octanol–water partition coefficient (Wildman–Crippen LogP) is 15.2. The average Bonchev–Trinajstić information content (AvgIpc) is 3.86. The van der Waals surface area contributed by atoms with Gasteiger partial charge in [0.2, 0.25) is 0 Å². The third-order valence-corrected chi connectivity index (χ3v) is 14.1. The fraction of sp³-hybridized carbons (Fsp3) is 0.0943. The summed E-state index contributed by atoms with van der Waals surface area (Å²) >= 11 is 8.91. The summed E-state index contributed by atoms with van der Waals surface area (Å²) in [4.78, 5) is 11.3. The highest BCUT2D eigenvalue weighted by Crippen LogP contribution is 2.53. The van der Waals surface area contributed by atoms with Crippen molar-refractivity contribution in [1.82, 2.24) is 14.5 Å². The van der Waals surface area contributed by atoms with Gasteiger partial charge >= 0.3 is 0 Å².